The van der Waals surface area contributed by atoms with E-state index in [4.69, 9.17) is 17.0 Å². The number of thiocarbonyl (C=S) groups is 1. The third kappa shape index (κ3) is 2.60. The molecule has 5 nitrogen and oxygen atoms in total. The first kappa shape index (κ1) is 14.3. The maximum atomic E-state index is 12.2. The second-order valence-corrected chi connectivity index (χ2v) is 4.73. The number of nitrogens with one attached hydrogen (secondary N) is 1. The number of para-hydroxylation sites is 1. The van der Waals surface area contributed by atoms with Gasteiger partial charge in [-0.25, -0.2) is 0 Å². The molecule has 1 aromatic rings. The molecule has 0 unspecified atom stereocenters. The van der Waals surface area contributed by atoms with Crippen LogP contribution in [-0.2, 0) is 4.79 Å². The van der Waals surface area contributed by atoms with Crippen LogP contribution < -0.4 is 10.1 Å². The molecule has 106 valence electrons. The highest BCUT2D eigenvalue weighted by atomic mass is 32.1. The van der Waals surface area contributed by atoms with Crippen molar-refractivity contribution in [3.8, 4) is 11.5 Å². The predicted molar refractivity (Wildman–Crippen MR) is 80.4 cm³/mol. The molecule has 0 atom stereocenters. The fourth-order valence-electron chi connectivity index (χ4n) is 1.97. The lowest BCUT2D eigenvalue weighted by Gasteiger charge is -2.11. The molecule has 0 saturated carbocycles. The molecular formula is C14H16N2O3S. The minimum Gasteiger partial charge on any atom is -0.504 e. The summed E-state index contributed by atoms with van der Waals surface area (Å²) in [6.07, 6.45) is 2.40. The number of methoxy groups -OCH3 is 1. The normalized spacial score (nSPS) is 16.7. The number of carbonyl (C=O) groups excluding carboxylic acids is 1. The number of ether oxygens (including phenoxy) is 1. The largest absolute Gasteiger partial charge is 0.504 e. The van der Waals surface area contributed by atoms with Crippen molar-refractivity contribution < 1.29 is 14.6 Å². The first-order valence-electron chi connectivity index (χ1n) is 6.29. The standard InChI is InChI=1S/C14H16N2O3S/c1-3-7-16-13(18)10(15-14(16)20)8-9-5-4-6-11(19-2)12(9)17/h4-6,8,17H,3,7H2,1-2H3,(H,15,20). The highest BCUT2D eigenvalue weighted by Gasteiger charge is 2.29. The number of hydrogen-bond acceptors (Lipinski definition) is 4. The zero-order valence-electron chi connectivity index (χ0n) is 11.3. The van der Waals surface area contributed by atoms with Gasteiger partial charge in [0.05, 0.1) is 7.11 Å². The van der Waals surface area contributed by atoms with E-state index >= 15 is 0 Å². The van der Waals surface area contributed by atoms with Crippen LogP contribution in [0.4, 0.5) is 0 Å². The van der Waals surface area contributed by atoms with Gasteiger partial charge in [-0.1, -0.05) is 19.1 Å². The topological polar surface area (TPSA) is 61.8 Å². The minimum absolute atomic E-state index is 0.00281. The van der Waals surface area contributed by atoms with Crippen molar-refractivity contribution in [1.82, 2.24) is 10.2 Å². The number of aromatic hydroxyl groups is 1. The first-order valence-corrected chi connectivity index (χ1v) is 6.69. The molecule has 1 heterocycles. The Morgan fingerprint density at radius 2 is 2.25 bits per heavy atom. The fraction of sp³-hybridized carbons (Fsp3) is 0.286. The van der Waals surface area contributed by atoms with Crippen LogP contribution in [-0.4, -0.2) is 34.7 Å². The summed E-state index contributed by atoms with van der Waals surface area (Å²) < 4.78 is 5.04. The highest BCUT2D eigenvalue weighted by Crippen LogP contribution is 2.31. The van der Waals surface area contributed by atoms with E-state index in [1.807, 2.05) is 6.92 Å². The van der Waals surface area contributed by atoms with Crippen LogP contribution in [0.1, 0.15) is 18.9 Å². The van der Waals surface area contributed by atoms with E-state index in [0.717, 1.165) is 6.42 Å². The van der Waals surface area contributed by atoms with Gasteiger partial charge in [0.1, 0.15) is 5.70 Å². The monoisotopic (exact) mass is 292 g/mol. The van der Waals surface area contributed by atoms with E-state index in [-0.39, 0.29) is 11.7 Å². The van der Waals surface area contributed by atoms with Crippen LogP contribution in [0, 0.1) is 0 Å². The van der Waals surface area contributed by atoms with Crippen LogP contribution in [0.5, 0.6) is 11.5 Å². The lowest BCUT2D eigenvalue weighted by atomic mass is 10.1. The van der Waals surface area contributed by atoms with E-state index in [0.29, 0.717) is 28.7 Å². The summed E-state index contributed by atoms with van der Waals surface area (Å²) in [5.74, 6) is 0.175. The Hall–Kier alpha value is -2.08. The van der Waals surface area contributed by atoms with Gasteiger partial charge in [-0.15, -0.1) is 0 Å². The first-order chi connectivity index (χ1) is 9.58. The Bertz CT molecular complexity index is 584. The smallest absolute Gasteiger partial charge is 0.276 e. The summed E-state index contributed by atoms with van der Waals surface area (Å²) in [5.41, 5.74) is 0.855. The van der Waals surface area contributed by atoms with E-state index in [1.165, 1.54) is 12.0 Å². The second-order valence-electron chi connectivity index (χ2n) is 4.34. The second kappa shape index (κ2) is 5.92. The molecule has 0 spiro atoms. The molecule has 1 aromatic carbocycles. The lowest BCUT2D eigenvalue weighted by Crippen LogP contribution is -2.31. The molecule has 20 heavy (non-hydrogen) atoms. The Morgan fingerprint density at radius 1 is 1.50 bits per heavy atom. The third-order valence-corrected chi connectivity index (χ3v) is 3.28. The number of phenolic OH excluding ortho intramolecular Hbond substituents is 1. The maximum Gasteiger partial charge on any atom is 0.276 e. The van der Waals surface area contributed by atoms with Gasteiger partial charge < -0.3 is 15.2 Å². The van der Waals surface area contributed by atoms with E-state index in [1.54, 1.807) is 24.3 Å². The molecule has 0 aromatic heterocycles. The molecule has 6 heteroatoms. The van der Waals surface area contributed by atoms with Crippen LogP contribution in [0.2, 0.25) is 0 Å². The van der Waals surface area contributed by atoms with Crippen molar-refractivity contribution in [2.75, 3.05) is 13.7 Å². The van der Waals surface area contributed by atoms with Gasteiger partial charge in [-0.3, -0.25) is 9.69 Å². The number of phenols is 1. The van der Waals surface area contributed by atoms with Gasteiger partial charge >= 0.3 is 0 Å². The van der Waals surface area contributed by atoms with Crippen LogP contribution in [0.3, 0.4) is 0 Å². The maximum absolute atomic E-state index is 12.2. The predicted octanol–water partition coefficient (Wildman–Crippen LogP) is 1.87. The Morgan fingerprint density at radius 3 is 2.90 bits per heavy atom. The minimum atomic E-state index is -0.181. The SMILES string of the molecule is CCCN1C(=O)C(=Cc2cccc(OC)c2O)NC1=S. The fourth-order valence-corrected chi connectivity index (χ4v) is 2.26. The van der Waals surface area contributed by atoms with Crippen molar-refractivity contribution in [2.24, 2.45) is 0 Å². The summed E-state index contributed by atoms with van der Waals surface area (Å²) in [6.45, 7) is 2.55. The number of nitrogens with zero attached hydrogens (tertiary/aromatic N) is 1. The Kier molecular flexibility index (Phi) is 4.24. The molecule has 1 aliphatic heterocycles. The van der Waals surface area contributed by atoms with Crippen molar-refractivity contribution in [2.45, 2.75) is 13.3 Å². The molecule has 1 amide bonds. The summed E-state index contributed by atoms with van der Waals surface area (Å²) in [7, 11) is 1.48. The van der Waals surface area contributed by atoms with Gasteiger partial charge in [0.25, 0.3) is 5.91 Å². The molecule has 2 rings (SSSR count). The van der Waals surface area contributed by atoms with Crippen molar-refractivity contribution in [1.29, 1.82) is 0 Å². The van der Waals surface area contributed by atoms with E-state index in [2.05, 4.69) is 5.32 Å². The Labute approximate surface area is 122 Å². The van der Waals surface area contributed by atoms with E-state index < -0.39 is 0 Å². The average molecular weight is 292 g/mol. The summed E-state index contributed by atoms with van der Waals surface area (Å²) in [4.78, 5) is 13.7. The summed E-state index contributed by atoms with van der Waals surface area (Å²) >= 11 is 5.12. The summed E-state index contributed by atoms with van der Waals surface area (Å²) in [6, 6.07) is 5.09. The molecule has 2 N–H and O–H groups in total. The third-order valence-electron chi connectivity index (χ3n) is 2.96. The quantitative estimate of drug-likeness (QED) is 0.655. The van der Waals surface area contributed by atoms with Gasteiger partial charge in [0, 0.05) is 12.1 Å². The molecular weight excluding hydrogens is 276 g/mol. The Balaban J connectivity index is 2.33. The zero-order chi connectivity index (χ0) is 14.7. The molecule has 1 fully saturated rings. The van der Waals surface area contributed by atoms with Crippen molar-refractivity contribution >= 4 is 29.3 Å². The lowest BCUT2D eigenvalue weighted by molar-refractivity contribution is -0.122. The average Bonchev–Trinajstić information content (AvgIpc) is 2.69. The van der Waals surface area contributed by atoms with Crippen molar-refractivity contribution in [3.05, 3.63) is 29.5 Å². The molecule has 0 aliphatic carbocycles. The van der Waals surface area contributed by atoms with Gasteiger partial charge in [-0.2, -0.15) is 0 Å². The molecule has 0 radical (unpaired) electrons. The van der Waals surface area contributed by atoms with Gasteiger partial charge in [0.2, 0.25) is 0 Å². The summed E-state index contributed by atoms with van der Waals surface area (Å²) in [5, 5.41) is 13.3. The number of carbonyl (C=O) groups is 1. The molecule has 1 aliphatic rings. The number of benzene rings is 1. The number of rotatable bonds is 4. The van der Waals surface area contributed by atoms with Crippen LogP contribution in [0.25, 0.3) is 6.08 Å². The van der Waals surface area contributed by atoms with Crippen LogP contribution >= 0.6 is 12.2 Å². The van der Waals surface area contributed by atoms with Gasteiger partial charge in [-0.05, 0) is 30.8 Å². The van der Waals surface area contributed by atoms with Crippen LogP contribution in [0.15, 0.2) is 23.9 Å². The van der Waals surface area contributed by atoms with Gasteiger partial charge in [0.15, 0.2) is 16.6 Å². The van der Waals surface area contributed by atoms with Crippen molar-refractivity contribution in [3.63, 3.8) is 0 Å². The van der Waals surface area contributed by atoms with E-state index in [9.17, 15) is 9.90 Å². The molecule has 0 bridgehead atoms. The highest BCUT2D eigenvalue weighted by molar-refractivity contribution is 7.80. The number of hydrogen-bond donors (Lipinski definition) is 2. The molecule has 1 saturated heterocycles. The number of amides is 1. The zero-order valence-corrected chi connectivity index (χ0v) is 12.2.